The van der Waals surface area contributed by atoms with Crippen LogP contribution in [0.25, 0.3) is 11.5 Å². The summed E-state index contributed by atoms with van der Waals surface area (Å²) in [5.74, 6) is 0.220. The van der Waals surface area contributed by atoms with Gasteiger partial charge in [-0.3, -0.25) is 9.59 Å². The van der Waals surface area contributed by atoms with E-state index in [1.807, 2.05) is 26.0 Å². The summed E-state index contributed by atoms with van der Waals surface area (Å²) in [6.07, 6.45) is 1.69. The molecule has 0 aliphatic carbocycles. The Morgan fingerprint density at radius 3 is 2.79 bits per heavy atom. The highest BCUT2D eigenvalue weighted by Gasteiger charge is 2.30. The standard InChI is InChI=1S/C20H26ClN5O3/c1-13(2)26(18(27)12-25-9-5-6-14(10-25)19(22)28)11-17-23-24-20(29-17)15-7-3-4-8-16(15)21/h3-4,7-8,13-14H,5-6,9-12H2,1-2H3,(H2,22,28)/p+1/t14-/m0/s1. The lowest BCUT2D eigenvalue weighted by atomic mass is 9.97. The van der Waals surface area contributed by atoms with E-state index < -0.39 is 0 Å². The highest BCUT2D eigenvalue weighted by molar-refractivity contribution is 6.33. The van der Waals surface area contributed by atoms with Gasteiger partial charge in [0.1, 0.15) is 0 Å². The van der Waals surface area contributed by atoms with Crippen LogP contribution in [0.3, 0.4) is 0 Å². The van der Waals surface area contributed by atoms with Crippen LogP contribution in [0.15, 0.2) is 28.7 Å². The molecule has 1 aliphatic rings. The van der Waals surface area contributed by atoms with Crippen LogP contribution in [-0.2, 0) is 16.1 Å². The van der Waals surface area contributed by atoms with Crippen molar-refractivity contribution >= 4 is 23.4 Å². The maximum absolute atomic E-state index is 12.9. The Morgan fingerprint density at radius 1 is 1.34 bits per heavy atom. The lowest BCUT2D eigenvalue weighted by Crippen LogP contribution is -3.15. The molecule has 0 saturated carbocycles. The average Bonchev–Trinajstić information content (AvgIpc) is 3.14. The molecular formula is C20H27ClN5O3+. The van der Waals surface area contributed by atoms with Gasteiger partial charge in [-0.2, -0.15) is 0 Å². The summed E-state index contributed by atoms with van der Waals surface area (Å²) >= 11 is 6.19. The number of carbonyl (C=O) groups is 2. The van der Waals surface area contributed by atoms with Gasteiger partial charge in [-0.15, -0.1) is 10.2 Å². The molecular weight excluding hydrogens is 394 g/mol. The first-order valence-electron chi connectivity index (χ1n) is 9.84. The van der Waals surface area contributed by atoms with E-state index in [0.717, 1.165) is 24.3 Å². The number of nitrogens with two attached hydrogens (primary N) is 1. The number of hydrogen-bond donors (Lipinski definition) is 2. The van der Waals surface area contributed by atoms with Crippen molar-refractivity contribution in [1.82, 2.24) is 15.1 Å². The van der Waals surface area contributed by atoms with Crippen LogP contribution in [0.4, 0.5) is 0 Å². The summed E-state index contributed by atoms with van der Waals surface area (Å²) in [6.45, 7) is 5.89. The summed E-state index contributed by atoms with van der Waals surface area (Å²) in [7, 11) is 0. The fourth-order valence-electron chi connectivity index (χ4n) is 3.64. The second kappa shape index (κ2) is 9.37. The summed E-state index contributed by atoms with van der Waals surface area (Å²) in [4.78, 5) is 27.2. The van der Waals surface area contributed by atoms with Gasteiger partial charge >= 0.3 is 0 Å². The summed E-state index contributed by atoms with van der Waals surface area (Å²) in [6, 6.07) is 7.20. The molecule has 8 nitrogen and oxygen atoms in total. The fraction of sp³-hybridized carbons (Fsp3) is 0.500. The predicted octanol–water partition coefficient (Wildman–Crippen LogP) is 0.907. The van der Waals surface area contributed by atoms with Crippen LogP contribution in [-0.4, -0.2) is 52.6 Å². The molecule has 1 aromatic heterocycles. The van der Waals surface area contributed by atoms with Crippen LogP contribution in [0.2, 0.25) is 5.02 Å². The maximum atomic E-state index is 12.9. The van der Waals surface area contributed by atoms with E-state index in [2.05, 4.69) is 10.2 Å². The van der Waals surface area contributed by atoms with Crippen molar-refractivity contribution in [3.8, 4) is 11.5 Å². The van der Waals surface area contributed by atoms with Crippen molar-refractivity contribution in [2.45, 2.75) is 39.3 Å². The third-order valence-electron chi connectivity index (χ3n) is 5.24. The minimum absolute atomic E-state index is 0.0161. The number of benzene rings is 1. The molecule has 2 amide bonds. The number of hydrogen-bond acceptors (Lipinski definition) is 5. The Bertz CT molecular complexity index is 869. The fourth-order valence-corrected chi connectivity index (χ4v) is 3.85. The Morgan fingerprint density at radius 2 is 2.10 bits per heavy atom. The number of rotatable bonds is 7. The molecule has 3 rings (SSSR count). The van der Waals surface area contributed by atoms with Crippen molar-refractivity contribution < 1.29 is 18.9 Å². The highest BCUT2D eigenvalue weighted by Crippen LogP contribution is 2.26. The number of halogens is 1. The molecule has 1 unspecified atom stereocenters. The number of quaternary nitrogens is 1. The van der Waals surface area contributed by atoms with Crippen molar-refractivity contribution in [3.05, 3.63) is 35.2 Å². The molecule has 1 aliphatic heterocycles. The Labute approximate surface area is 175 Å². The minimum Gasteiger partial charge on any atom is -0.419 e. The van der Waals surface area contributed by atoms with E-state index >= 15 is 0 Å². The molecule has 1 aromatic carbocycles. The normalized spacial score (nSPS) is 19.3. The number of aromatic nitrogens is 2. The number of likely N-dealkylation sites (tertiary alicyclic amines) is 1. The van der Waals surface area contributed by atoms with E-state index in [1.54, 1.807) is 17.0 Å². The predicted molar refractivity (Wildman–Crippen MR) is 108 cm³/mol. The van der Waals surface area contributed by atoms with E-state index in [9.17, 15) is 9.59 Å². The average molecular weight is 421 g/mol. The maximum Gasteiger partial charge on any atom is 0.278 e. The zero-order valence-corrected chi connectivity index (χ0v) is 17.5. The molecule has 3 N–H and O–H groups in total. The molecule has 0 radical (unpaired) electrons. The molecule has 1 fully saturated rings. The highest BCUT2D eigenvalue weighted by atomic mass is 35.5. The zero-order chi connectivity index (χ0) is 21.0. The first kappa shape index (κ1) is 21.3. The summed E-state index contributed by atoms with van der Waals surface area (Å²) < 4.78 is 5.75. The van der Waals surface area contributed by atoms with Crippen LogP contribution in [0.1, 0.15) is 32.6 Å². The second-order valence-corrected chi connectivity index (χ2v) is 8.13. The van der Waals surface area contributed by atoms with Gasteiger partial charge in [0.05, 0.1) is 36.1 Å². The van der Waals surface area contributed by atoms with E-state index in [0.29, 0.717) is 35.5 Å². The molecule has 0 bridgehead atoms. The SMILES string of the molecule is CC(C)N(Cc1nnc(-c2ccccc2Cl)o1)C(=O)C[NH+]1CCC[C@H](C(N)=O)C1. The monoisotopic (exact) mass is 420 g/mol. The quantitative estimate of drug-likeness (QED) is 0.692. The van der Waals surface area contributed by atoms with E-state index in [1.165, 1.54) is 0 Å². The molecule has 29 heavy (non-hydrogen) atoms. The summed E-state index contributed by atoms with van der Waals surface area (Å²) in [5, 5.41) is 8.68. The Balaban J connectivity index is 1.67. The van der Waals surface area contributed by atoms with Crippen LogP contribution in [0.5, 0.6) is 0 Å². The number of primary amides is 1. The van der Waals surface area contributed by atoms with Gasteiger partial charge in [0.25, 0.3) is 5.91 Å². The molecule has 156 valence electrons. The number of amides is 2. The van der Waals surface area contributed by atoms with Gasteiger partial charge in [-0.1, -0.05) is 23.7 Å². The van der Waals surface area contributed by atoms with Gasteiger partial charge < -0.3 is 20.0 Å². The number of nitrogens with one attached hydrogen (secondary N) is 1. The number of nitrogens with zero attached hydrogens (tertiary/aromatic N) is 3. The van der Waals surface area contributed by atoms with Crippen molar-refractivity contribution in [3.63, 3.8) is 0 Å². The van der Waals surface area contributed by atoms with Gasteiger partial charge in [0.15, 0.2) is 6.54 Å². The lowest BCUT2D eigenvalue weighted by Gasteiger charge is -2.31. The van der Waals surface area contributed by atoms with Gasteiger partial charge in [0.2, 0.25) is 17.7 Å². The van der Waals surface area contributed by atoms with Crippen molar-refractivity contribution in [2.75, 3.05) is 19.6 Å². The van der Waals surface area contributed by atoms with Gasteiger partial charge in [-0.05, 0) is 38.8 Å². The first-order valence-corrected chi connectivity index (χ1v) is 10.2. The molecule has 9 heteroatoms. The molecule has 0 spiro atoms. The topological polar surface area (TPSA) is 107 Å². The number of piperidine rings is 1. The summed E-state index contributed by atoms with van der Waals surface area (Å²) in [5.41, 5.74) is 6.10. The molecule has 2 heterocycles. The smallest absolute Gasteiger partial charge is 0.278 e. The van der Waals surface area contributed by atoms with E-state index in [-0.39, 0.29) is 30.3 Å². The van der Waals surface area contributed by atoms with Gasteiger partial charge in [-0.25, -0.2) is 0 Å². The second-order valence-electron chi connectivity index (χ2n) is 7.72. The number of carbonyl (C=O) groups excluding carboxylic acids is 2. The van der Waals surface area contributed by atoms with Crippen molar-refractivity contribution in [2.24, 2.45) is 11.7 Å². The zero-order valence-electron chi connectivity index (χ0n) is 16.7. The van der Waals surface area contributed by atoms with Crippen LogP contribution < -0.4 is 10.6 Å². The molecule has 2 atom stereocenters. The third-order valence-corrected chi connectivity index (χ3v) is 5.57. The van der Waals surface area contributed by atoms with Crippen molar-refractivity contribution in [1.29, 1.82) is 0 Å². The third kappa shape index (κ3) is 5.33. The molecule has 2 aromatic rings. The minimum atomic E-state index is -0.284. The first-order chi connectivity index (χ1) is 13.8. The lowest BCUT2D eigenvalue weighted by molar-refractivity contribution is -0.899. The Hall–Kier alpha value is -2.45. The Kier molecular flexibility index (Phi) is 6.87. The van der Waals surface area contributed by atoms with Crippen LogP contribution in [0, 0.1) is 5.92 Å². The largest absolute Gasteiger partial charge is 0.419 e. The van der Waals surface area contributed by atoms with Crippen LogP contribution >= 0.6 is 11.6 Å². The molecule has 1 saturated heterocycles. The van der Waals surface area contributed by atoms with E-state index in [4.69, 9.17) is 21.8 Å². The van der Waals surface area contributed by atoms with Gasteiger partial charge in [0, 0.05) is 6.04 Å².